The molecule has 0 saturated heterocycles. The van der Waals surface area contributed by atoms with Crippen LogP contribution in [0.1, 0.15) is 37.3 Å². The Morgan fingerprint density at radius 2 is 1.32 bits per heavy atom. The number of amides is 4. The van der Waals surface area contributed by atoms with Crippen LogP contribution in [-0.4, -0.2) is 82.3 Å². The van der Waals surface area contributed by atoms with E-state index in [9.17, 15) is 34.2 Å². The Morgan fingerprint density at radius 3 is 1.91 bits per heavy atom. The number of hydrogen-bond acceptors (Lipinski definition) is 9. The largest absolute Gasteiger partial charge is 0.508 e. The van der Waals surface area contributed by atoms with Gasteiger partial charge in [0.2, 0.25) is 23.6 Å². The van der Waals surface area contributed by atoms with Crippen LogP contribution in [0.2, 0.25) is 0 Å². The number of carbonyl (C=O) groups excluding carboxylic acids is 4. The van der Waals surface area contributed by atoms with Gasteiger partial charge in [-0.05, 0) is 62.4 Å². The monoisotopic (exact) mass is 630 g/mol. The number of hydrogen-bond donors (Lipinski definition) is 9. The molecule has 0 aliphatic carbocycles. The number of carboxylic acid groups (broad SMARTS) is 1. The maximum atomic E-state index is 13.2. The Hall–Kier alpha value is -4.14. The van der Waals surface area contributed by atoms with Crippen LogP contribution in [0.15, 0.2) is 54.6 Å². The van der Waals surface area contributed by atoms with E-state index in [4.69, 9.17) is 11.5 Å². The predicted molar refractivity (Wildman–Crippen MR) is 168 cm³/mol. The summed E-state index contributed by atoms with van der Waals surface area (Å²) in [6.45, 7) is 1.77. The van der Waals surface area contributed by atoms with Gasteiger partial charge in [0.1, 0.15) is 29.9 Å². The fraction of sp³-hybridized carbons (Fsp3) is 0.433. The van der Waals surface area contributed by atoms with Crippen LogP contribution in [0, 0.1) is 0 Å². The number of nitrogens with one attached hydrogen (secondary N) is 4. The molecule has 10 N–H and O–H groups in total. The second kappa shape index (κ2) is 18.5. The topological polar surface area (TPSA) is 226 Å². The van der Waals surface area contributed by atoms with Crippen molar-refractivity contribution in [3.05, 3.63) is 65.7 Å². The molecule has 240 valence electrons. The molecule has 5 atom stereocenters. The minimum atomic E-state index is -1.23. The van der Waals surface area contributed by atoms with E-state index in [1.807, 2.05) is 0 Å². The van der Waals surface area contributed by atoms with Crippen LogP contribution in [0.25, 0.3) is 0 Å². The second-order valence-corrected chi connectivity index (χ2v) is 10.8. The van der Waals surface area contributed by atoms with Gasteiger partial charge >= 0.3 is 5.97 Å². The van der Waals surface area contributed by atoms with E-state index in [1.54, 1.807) is 42.5 Å². The predicted octanol–water partition coefficient (Wildman–Crippen LogP) is -0.393. The molecule has 0 unspecified atom stereocenters. The van der Waals surface area contributed by atoms with Crippen LogP contribution in [0.4, 0.5) is 0 Å². The summed E-state index contributed by atoms with van der Waals surface area (Å²) >= 11 is 4.17. The van der Waals surface area contributed by atoms with Crippen LogP contribution in [-0.2, 0) is 36.8 Å². The zero-order valence-corrected chi connectivity index (χ0v) is 25.5. The highest BCUT2D eigenvalue weighted by Crippen LogP contribution is 2.11. The summed E-state index contributed by atoms with van der Waals surface area (Å²) in [5.41, 5.74) is 13.1. The van der Waals surface area contributed by atoms with Gasteiger partial charge in [0.15, 0.2) is 0 Å². The number of rotatable bonds is 18. The van der Waals surface area contributed by atoms with E-state index in [0.29, 0.717) is 30.5 Å². The number of nitrogens with two attached hydrogens (primary N) is 2. The number of aliphatic carboxylic acids is 1. The van der Waals surface area contributed by atoms with Crippen molar-refractivity contribution in [2.45, 2.75) is 69.2 Å². The molecule has 0 aliphatic heterocycles. The first-order valence-electron chi connectivity index (χ1n) is 14.3. The lowest BCUT2D eigenvalue weighted by molar-refractivity contribution is -0.142. The van der Waals surface area contributed by atoms with Gasteiger partial charge in [-0.1, -0.05) is 42.5 Å². The van der Waals surface area contributed by atoms with Crippen molar-refractivity contribution in [3.63, 3.8) is 0 Å². The first-order chi connectivity index (χ1) is 20.9. The molecule has 2 rings (SSSR count). The first kappa shape index (κ1) is 36.1. The third-order valence-electron chi connectivity index (χ3n) is 6.77. The average Bonchev–Trinajstić information content (AvgIpc) is 3.00. The van der Waals surface area contributed by atoms with Gasteiger partial charge in [-0.15, -0.1) is 0 Å². The molecule has 0 heterocycles. The van der Waals surface area contributed by atoms with E-state index in [1.165, 1.54) is 19.1 Å². The average molecular weight is 631 g/mol. The highest BCUT2D eigenvalue weighted by Gasteiger charge is 2.30. The molecule has 2 aromatic carbocycles. The Kier molecular flexibility index (Phi) is 15.2. The summed E-state index contributed by atoms with van der Waals surface area (Å²) in [6, 6.07) is 9.48. The number of benzene rings is 2. The molecule has 14 heteroatoms. The zero-order chi connectivity index (χ0) is 32.6. The molecule has 2 aromatic rings. The molecule has 0 fully saturated rings. The molecule has 0 saturated carbocycles. The number of phenolic OH excluding ortho intramolecular Hbond substituents is 1. The highest BCUT2D eigenvalue weighted by molar-refractivity contribution is 7.80. The summed E-state index contributed by atoms with van der Waals surface area (Å²) in [5, 5.41) is 29.1. The maximum absolute atomic E-state index is 13.2. The summed E-state index contributed by atoms with van der Waals surface area (Å²) in [4.78, 5) is 63.5. The number of phenols is 1. The SMILES string of the molecule is C[C@H](NC(=O)[C@H](CS)NC(=O)[C@H](CCCCN)NC(=O)[C@@H](N)Cc1ccc(O)cc1)C(=O)N[C@@H](Cc1ccccc1)C(=O)O. The molecule has 13 nitrogen and oxygen atoms in total. The Balaban J connectivity index is 2.00. The third-order valence-corrected chi connectivity index (χ3v) is 7.14. The van der Waals surface area contributed by atoms with E-state index < -0.39 is 59.8 Å². The molecule has 4 amide bonds. The van der Waals surface area contributed by atoms with Crippen LogP contribution in [0.3, 0.4) is 0 Å². The third kappa shape index (κ3) is 12.2. The first-order valence-corrected chi connectivity index (χ1v) is 14.9. The van der Waals surface area contributed by atoms with E-state index >= 15 is 0 Å². The molecular weight excluding hydrogens is 588 g/mol. The lowest BCUT2D eigenvalue weighted by Gasteiger charge is -2.25. The molecule has 0 aromatic heterocycles. The van der Waals surface area contributed by atoms with Gasteiger partial charge in [-0.2, -0.15) is 12.6 Å². The van der Waals surface area contributed by atoms with Crippen LogP contribution in [0.5, 0.6) is 5.75 Å². The van der Waals surface area contributed by atoms with Crippen molar-refractivity contribution < 1.29 is 34.2 Å². The number of carboxylic acids is 1. The van der Waals surface area contributed by atoms with Crippen LogP contribution < -0.4 is 32.7 Å². The van der Waals surface area contributed by atoms with Crippen LogP contribution >= 0.6 is 12.6 Å². The fourth-order valence-corrected chi connectivity index (χ4v) is 4.47. The Morgan fingerprint density at radius 1 is 0.750 bits per heavy atom. The van der Waals surface area contributed by atoms with E-state index in [-0.39, 0.29) is 30.8 Å². The summed E-state index contributed by atoms with van der Waals surface area (Å²) in [5.74, 6) is -3.94. The molecule has 0 radical (unpaired) electrons. The van der Waals surface area contributed by atoms with Crippen molar-refractivity contribution in [2.24, 2.45) is 11.5 Å². The van der Waals surface area contributed by atoms with Gasteiger partial charge in [0.05, 0.1) is 6.04 Å². The van der Waals surface area contributed by atoms with Crippen molar-refractivity contribution >= 4 is 42.2 Å². The van der Waals surface area contributed by atoms with Gasteiger partial charge in [-0.25, -0.2) is 4.79 Å². The number of thiol groups is 1. The number of aromatic hydroxyl groups is 1. The summed E-state index contributed by atoms with van der Waals surface area (Å²) in [6.07, 6.45) is 1.57. The van der Waals surface area contributed by atoms with Gasteiger partial charge in [-0.3, -0.25) is 19.2 Å². The molecule has 0 bridgehead atoms. The lowest BCUT2D eigenvalue weighted by atomic mass is 10.0. The molecule has 0 spiro atoms. The number of unbranched alkanes of at least 4 members (excludes halogenated alkanes) is 1. The molecule has 44 heavy (non-hydrogen) atoms. The van der Waals surface area contributed by atoms with Crippen molar-refractivity contribution in [2.75, 3.05) is 12.3 Å². The van der Waals surface area contributed by atoms with Gasteiger partial charge < -0.3 is 42.9 Å². The Bertz CT molecular complexity index is 1250. The maximum Gasteiger partial charge on any atom is 0.326 e. The molecule has 0 aliphatic rings. The summed E-state index contributed by atoms with van der Waals surface area (Å²) < 4.78 is 0. The van der Waals surface area contributed by atoms with E-state index in [0.717, 1.165) is 0 Å². The lowest BCUT2D eigenvalue weighted by Crippen LogP contribution is -2.58. The summed E-state index contributed by atoms with van der Waals surface area (Å²) in [7, 11) is 0. The van der Waals surface area contributed by atoms with Gasteiger partial charge in [0, 0.05) is 12.2 Å². The molecular formula is C30H42N6O7S. The fourth-order valence-electron chi connectivity index (χ4n) is 4.21. The number of carbonyl (C=O) groups is 5. The smallest absolute Gasteiger partial charge is 0.326 e. The minimum absolute atomic E-state index is 0.0494. The minimum Gasteiger partial charge on any atom is -0.508 e. The standard InChI is InChI=1S/C30H42N6O7S/c1-18(26(38)35-24(30(42)43)16-19-7-3-2-4-8-19)33-29(41)25(17-44)36-28(40)23(9-5-6-14-31)34-27(39)22(32)15-20-10-12-21(37)13-11-20/h2-4,7-8,10-13,18,22-25,37,44H,5-6,9,14-17,31-32H2,1H3,(H,33,41)(H,34,39)(H,35,38)(H,36,40)(H,42,43)/t18-,22-,23-,24-,25-/m0/s1. The van der Waals surface area contributed by atoms with Crippen molar-refractivity contribution in [1.29, 1.82) is 0 Å². The normalized spacial score (nSPS) is 14.3. The Labute approximate surface area is 261 Å². The highest BCUT2D eigenvalue weighted by atomic mass is 32.1. The van der Waals surface area contributed by atoms with Gasteiger partial charge in [0.25, 0.3) is 0 Å². The van der Waals surface area contributed by atoms with E-state index in [2.05, 4.69) is 33.9 Å². The van der Waals surface area contributed by atoms with Crippen molar-refractivity contribution in [1.82, 2.24) is 21.3 Å². The zero-order valence-electron chi connectivity index (χ0n) is 24.6. The second-order valence-electron chi connectivity index (χ2n) is 10.4. The van der Waals surface area contributed by atoms with Crippen molar-refractivity contribution in [3.8, 4) is 5.75 Å². The quantitative estimate of drug-likeness (QED) is 0.0771.